The number of benzene rings is 2. The van der Waals surface area contributed by atoms with E-state index in [0.717, 1.165) is 5.56 Å². The molecule has 0 fully saturated rings. The molecule has 0 aliphatic rings. The van der Waals surface area contributed by atoms with Crippen LogP contribution in [-0.4, -0.2) is 27.5 Å². The maximum Gasteiger partial charge on any atom is 0.302 e. The summed E-state index contributed by atoms with van der Waals surface area (Å²) in [6.07, 6.45) is 0. The van der Waals surface area contributed by atoms with Crippen LogP contribution in [0.2, 0.25) is 0 Å². The van der Waals surface area contributed by atoms with Crippen molar-refractivity contribution in [2.75, 3.05) is 6.61 Å². The number of carbonyl (C=O) groups is 1. The van der Waals surface area contributed by atoms with Crippen LogP contribution < -0.4 is 4.74 Å². The monoisotopic (exact) mass is 354 g/mol. The molecule has 26 heavy (non-hydrogen) atoms. The van der Waals surface area contributed by atoms with Crippen LogP contribution in [0.5, 0.6) is 11.6 Å². The molecular weight excluding hydrogens is 340 g/mol. The first-order chi connectivity index (χ1) is 12.4. The summed E-state index contributed by atoms with van der Waals surface area (Å²) in [7, 11) is 0. The Morgan fingerprint density at radius 2 is 2.12 bits per heavy atom. The number of aromatic hydroxyl groups is 1. The number of nitro groups is 1. The first-order valence-electron chi connectivity index (χ1n) is 7.57. The first kappa shape index (κ1) is 17.1. The van der Waals surface area contributed by atoms with Gasteiger partial charge in [0.25, 0.3) is 5.69 Å². The zero-order chi connectivity index (χ0) is 18.7. The fourth-order valence-corrected chi connectivity index (χ4v) is 2.35. The van der Waals surface area contributed by atoms with Crippen LogP contribution in [0.1, 0.15) is 5.56 Å². The van der Waals surface area contributed by atoms with Crippen LogP contribution in [0, 0.1) is 17.0 Å². The molecule has 9 nitrogen and oxygen atoms in total. The molecule has 0 aliphatic carbocycles. The van der Waals surface area contributed by atoms with E-state index >= 15 is 0 Å². The van der Waals surface area contributed by atoms with Gasteiger partial charge in [-0.05, 0) is 25.1 Å². The Kier molecular flexibility index (Phi) is 4.61. The molecule has 0 radical (unpaired) electrons. The summed E-state index contributed by atoms with van der Waals surface area (Å²) in [5.74, 6) is -0.715. The largest absolute Gasteiger partial charge is 0.493 e. The Hall–Kier alpha value is -3.75. The number of fused-ring (bicyclic) bond motifs is 1. The highest BCUT2D eigenvalue weighted by atomic mass is 16.6. The van der Waals surface area contributed by atoms with Crippen molar-refractivity contribution < 1.29 is 19.6 Å². The van der Waals surface area contributed by atoms with Crippen molar-refractivity contribution in [1.29, 1.82) is 0 Å². The van der Waals surface area contributed by atoms with Crippen molar-refractivity contribution in [2.45, 2.75) is 6.92 Å². The summed E-state index contributed by atoms with van der Waals surface area (Å²) in [6.45, 7) is 1.45. The number of azo groups is 1. The van der Waals surface area contributed by atoms with Gasteiger partial charge in [-0.15, -0.1) is 10.2 Å². The molecule has 9 heteroatoms. The van der Waals surface area contributed by atoms with Gasteiger partial charge in [0, 0.05) is 11.5 Å². The van der Waals surface area contributed by atoms with Gasteiger partial charge >= 0.3 is 5.91 Å². The third kappa shape index (κ3) is 3.66. The Balaban J connectivity index is 1.70. The number of nitro benzene ring substituents is 1. The second-order valence-corrected chi connectivity index (χ2v) is 5.51. The van der Waals surface area contributed by atoms with E-state index in [1.54, 1.807) is 6.07 Å². The van der Waals surface area contributed by atoms with E-state index in [2.05, 4.69) is 15.2 Å². The van der Waals surface area contributed by atoms with E-state index in [1.165, 1.54) is 24.3 Å². The molecule has 0 atom stereocenters. The van der Waals surface area contributed by atoms with Crippen LogP contribution >= 0.6 is 0 Å². The van der Waals surface area contributed by atoms with E-state index in [0.29, 0.717) is 10.9 Å². The number of aryl methyl sites for hydroxylation is 1. The average molecular weight is 354 g/mol. The lowest BCUT2D eigenvalue weighted by molar-refractivity contribution is -0.384. The molecule has 0 saturated carbocycles. The summed E-state index contributed by atoms with van der Waals surface area (Å²) in [5, 5.41) is 28.6. The number of ether oxygens (including phenoxy) is 1. The van der Waals surface area contributed by atoms with E-state index in [1.807, 2.05) is 19.1 Å². The number of aromatic nitrogens is 1. The van der Waals surface area contributed by atoms with Gasteiger partial charge in [0.1, 0.15) is 5.75 Å². The zero-order valence-electron chi connectivity index (χ0n) is 13.7. The Bertz CT molecular complexity index is 1030. The molecule has 132 valence electrons. The van der Waals surface area contributed by atoms with Crippen LogP contribution in [0.4, 0.5) is 11.4 Å². The standard InChI is InChI=1S/C17H14N4O5/c1-10-5-6-14-13(7-10)16(17(23)18-14)20-19-15(22)9-26-12-4-2-3-11(8-12)21(24)25/h2-8,18,23H,9H2,1H3. The summed E-state index contributed by atoms with van der Waals surface area (Å²) in [5.41, 5.74) is 1.65. The number of rotatable bonds is 5. The first-order valence-corrected chi connectivity index (χ1v) is 7.57. The summed E-state index contributed by atoms with van der Waals surface area (Å²) in [6, 6.07) is 10.9. The summed E-state index contributed by atoms with van der Waals surface area (Å²) < 4.78 is 5.19. The molecule has 2 N–H and O–H groups in total. The molecule has 0 bridgehead atoms. The Labute approximate surface area is 147 Å². The van der Waals surface area contributed by atoms with Crippen molar-refractivity contribution in [2.24, 2.45) is 10.2 Å². The van der Waals surface area contributed by atoms with Crippen molar-refractivity contribution in [1.82, 2.24) is 4.98 Å². The number of aromatic amines is 1. The van der Waals surface area contributed by atoms with Gasteiger partial charge in [-0.2, -0.15) is 0 Å². The number of carbonyl (C=O) groups excluding carboxylic acids is 1. The molecule has 1 amide bonds. The van der Waals surface area contributed by atoms with Gasteiger partial charge in [-0.1, -0.05) is 17.7 Å². The third-order valence-corrected chi connectivity index (χ3v) is 3.56. The average Bonchev–Trinajstić information content (AvgIpc) is 2.93. The lowest BCUT2D eigenvalue weighted by Crippen LogP contribution is -2.07. The van der Waals surface area contributed by atoms with Crippen LogP contribution in [0.3, 0.4) is 0 Å². The molecule has 3 rings (SSSR count). The zero-order valence-corrected chi connectivity index (χ0v) is 13.7. The predicted molar refractivity (Wildman–Crippen MR) is 92.8 cm³/mol. The van der Waals surface area contributed by atoms with Crippen molar-refractivity contribution in [3.8, 4) is 11.6 Å². The minimum atomic E-state index is -0.696. The molecule has 0 aliphatic heterocycles. The second kappa shape index (κ2) is 7.01. The Morgan fingerprint density at radius 1 is 1.31 bits per heavy atom. The SMILES string of the molecule is Cc1ccc2[nH]c(O)c(N=NC(=O)COc3cccc([N+](=O)[O-])c3)c2c1. The highest BCUT2D eigenvalue weighted by Gasteiger charge is 2.12. The van der Waals surface area contributed by atoms with Gasteiger partial charge in [-0.25, -0.2) is 0 Å². The van der Waals surface area contributed by atoms with Gasteiger partial charge in [0.2, 0.25) is 5.88 Å². The lowest BCUT2D eigenvalue weighted by atomic mass is 10.2. The fourth-order valence-electron chi connectivity index (χ4n) is 2.35. The molecule has 1 aromatic heterocycles. The van der Waals surface area contributed by atoms with Crippen LogP contribution in [0.15, 0.2) is 52.7 Å². The van der Waals surface area contributed by atoms with E-state index in [9.17, 15) is 20.0 Å². The summed E-state index contributed by atoms with van der Waals surface area (Å²) >= 11 is 0. The van der Waals surface area contributed by atoms with E-state index in [-0.39, 0.29) is 23.0 Å². The minimum absolute atomic E-state index is 0.143. The molecule has 0 unspecified atom stereocenters. The lowest BCUT2D eigenvalue weighted by Gasteiger charge is -2.02. The van der Waals surface area contributed by atoms with Crippen LogP contribution in [0.25, 0.3) is 10.9 Å². The maximum absolute atomic E-state index is 11.8. The van der Waals surface area contributed by atoms with E-state index in [4.69, 9.17) is 4.74 Å². The highest BCUT2D eigenvalue weighted by Crippen LogP contribution is 2.35. The van der Waals surface area contributed by atoms with Gasteiger partial charge in [0.05, 0.1) is 16.5 Å². The van der Waals surface area contributed by atoms with E-state index < -0.39 is 17.4 Å². The minimum Gasteiger partial charge on any atom is -0.493 e. The number of nitrogens with one attached hydrogen (secondary N) is 1. The molecule has 3 aromatic rings. The maximum atomic E-state index is 11.8. The number of hydrogen-bond donors (Lipinski definition) is 2. The normalized spacial score (nSPS) is 11.1. The topological polar surface area (TPSA) is 130 Å². The number of hydrogen-bond acceptors (Lipinski definition) is 6. The van der Waals surface area contributed by atoms with Gasteiger partial charge in [-0.3, -0.25) is 14.9 Å². The fraction of sp³-hybridized carbons (Fsp3) is 0.118. The molecule has 0 spiro atoms. The molecule has 1 heterocycles. The van der Waals surface area contributed by atoms with Crippen molar-refractivity contribution in [3.63, 3.8) is 0 Å². The van der Waals surface area contributed by atoms with Gasteiger partial charge in [0.15, 0.2) is 12.3 Å². The smallest absolute Gasteiger partial charge is 0.302 e. The third-order valence-electron chi connectivity index (χ3n) is 3.56. The Morgan fingerprint density at radius 3 is 2.88 bits per heavy atom. The summed E-state index contributed by atoms with van der Waals surface area (Å²) in [4.78, 5) is 24.7. The van der Waals surface area contributed by atoms with Crippen LogP contribution in [-0.2, 0) is 4.79 Å². The molecular formula is C17H14N4O5. The molecule has 0 saturated heterocycles. The second-order valence-electron chi connectivity index (χ2n) is 5.51. The van der Waals surface area contributed by atoms with Crippen molar-refractivity contribution >= 4 is 28.2 Å². The number of amides is 1. The highest BCUT2D eigenvalue weighted by molar-refractivity contribution is 5.94. The number of H-pyrrole nitrogens is 1. The van der Waals surface area contributed by atoms with Crippen molar-refractivity contribution in [3.05, 3.63) is 58.1 Å². The quantitative estimate of drug-likeness (QED) is 0.409. The molecule has 2 aromatic carbocycles. The number of nitrogens with zero attached hydrogens (tertiary/aromatic N) is 3. The van der Waals surface area contributed by atoms with Gasteiger partial charge < -0.3 is 14.8 Å². The number of non-ortho nitro benzene ring substituents is 1. The predicted octanol–water partition coefficient (Wildman–Crippen LogP) is 3.78.